The monoisotopic (exact) mass is 332 g/mol. The number of fused-ring (bicyclic) bond motifs is 1. The second kappa shape index (κ2) is 5.49. The van der Waals surface area contributed by atoms with Crippen LogP contribution in [0, 0.1) is 0 Å². The van der Waals surface area contributed by atoms with Gasteiger partial charge in [0.2, 0.25) is 0 Å². The highest BCUT2D eigenvalue weighted by molar-refractivity contribution is 5.46. The molecule has 0 amide bonds. The highest BCUT2D eigenvalue weighted by Crippen LogP contribution is 2.42. The second-order valence-corrected chi connectivity index (χ2v) is 6.32. The normalized spacial score (nSPS) is 15.6. The van der Waals surface area contributed by atoms with E-state index in [9.17, 15) is 5.11 Å². The van der Waals surface area contributed by atoms with Crippen molar-refractivity contribution >= 4 is 5.52 Å². The van der Waals surface area contributed by atoms with E-state index in [4.69, 9.17) is 0 Å². The molecule has 0 radical (unpaired) electrons. The molecule has 25 heavy (non-hydrogen) atoms. The Kier molecular flexibility index (Phi) is 3.14. The number of nitrogens with zero attached hydrogens (tertiary/aromatic N) is 6. The van der Waals surface area contributed by atoms with Crippen molar-refractivity contribution in [1.82, 2.24) is 29.4 Å². The Balaban J connectivity index is 1.60. The van der Waals surface area contributed by atoms with Crippen molar-refractivity contribution < 1.29 is 5.11 Å². The van der Waals surface area contributed by atoms with E-state index in [1.807, 2.05) is 34.7 Å². The molecule has 4 aromatic rings. The third-order valence-corrected chi connectivity index (χ3v) is 4.56. The van der Waals surface area contributed by atoms with Gasteiger partial charge in [0.1, 0.15) is 11.8 Å². The SMILES string of the molecule is OC(c1cn(-c2ccccc2)nn1)c1c(C2CC2)ncc2cncn12. The molecule has 124 valence electrons. The molecule has 1 unspecified atom stereocenters. The molecule has 3 aromatic heterocycles. The van der Waals surface area contributed by atoms with Gasteiger partial charge in [-0.15, -0.1) is 5.10 Å². The summed E-state index contributed by atoms with van der Waals surface area (Å²) in [7, 11) is 0. The van der Waals surface area contributed by atoms with E-state index in [0.717, 1.165) is 35.4 Å². The molecule has 1 aliphatic rings. The minimum Gasteiger partial charge on any atom is -0.380 e. The largest absolute Gasteiger partial charge is 0.380 e. The maximum atomic E-state index is 11.0. The third-order valence-electron chi connectivity index (χ3n) is 4.56. The predicted molar refractivity (Wildman–Crippen MR) is 90.4 cm³/mol. The first-order valence-electron chi connectivity index (χ1n) is 8.28. The summed E-state index contributed by atoms with van der Waals surface area (Å²) in [5.74, 6) is 0.403. The van der Waals surface area contributed by atoms with Gasteiger partial charge in [-0.25, -0.2) is 9.67 Å². The first kappa shape index (κ1) is 14.3. The van der Waals surface area contributed by atoms with Gasteiger partial charge in [-0.1, -0.05) is 23.4 Å². The van der Waals surface area contributed by atoms with Gasteiger partial charge in [-0.2, -0.15) is 0 Å². The van der Waals surface area contributed by atoms with E-state index in [2.05, 4.69) is 20.3 Å². The molecule has 1 aromatic carbocycles. The maximum absolute atomic E-state index is 11.0. The number of benzene rings is 1. The molecule has 0 aliphatic heterocycles. The van der Waals surface area contributed by atoms with Crippen LogP contribution in [0.5, 0.6) is 0 Å². The number of para-hydroxylation sites is 1. The molecule has 0 saturated heterocycles. The zero-order chi connectivity index (χ0) is 16.8. The molecule has 7 heteroatoms. The lowest BCUT2D eigenvalue weighted by atomic mass is 10.1. The Hall–Kier alpha value is -3.06. The second-order valence-electron chi connectivity index (χ2n) is 6.32. The number of imidazole rings is 1. The smallest absolute Gasteiger partial charge is 0.142 e. The van der Waals surface area contributed by atoms with Crippen LogP contribution >= 0.6 is 0 Å². The van der Waals surface area contributed by atoms with Crippen molar-refractivity contribution in [3.8, 4) is 5.69 Å². The first-order chi connectivity index (χ1) is 12.3. The number of rotatable bonds is 4. The molecule has 1 aliphatic carbocycles. The lowest BCUT2D eigenvalue weighted by Gasteiger charge is -2.15. The van der Waals surface area contributed by atoms with E-state index >= 15 is 0 Å². The minimum absolute atomic E-state index is 0.403. The molecular formula is C18H16N6O. The summed E-state index contributed by atoms with van der Waals surface area (Å²) >= 11 is 0. The average molecular weight is 332 g/mol. The van der Waals surface area contributed by atoms with Gasteiger partial charge in [0.15, 0.2) is 0 Å². The van der Waals surface area contributed by atoms with Crippen molar-refractivity contribution in [3.05, 3.63) is 72.3 Å². The maximum Gasteiger partial charge on any atom is 0.142 e. The predicted octanol–water partition coefficient (Wildman–Crippen LogP) is 2.27. The van der Waals surface area contributed by atoms with Crippen LogP contribution in [0.25, 0.3) is 11.2 Å². The van der Waals surface area contributed by atoms with Gasteiger partial charge < -0.3 is 5.11 Å². The molecule has 1 N–H and O–H groups in total. The summed E-state index contributed by atoms with van der Waals surface area (Å²) in [6.45, 7) is 0. The van der Waals surface area contributed by atoms with Gasteiger partial charge in [0.05, 0.1) is 47.5 Å². The Bertz CT molecular complexity index is 1030. The van der Waals surface area contributed by atoms with Crippen LogP contribution in [0.4, 0.5) is 0 Å². The van der Waals surface area contributed by atoms with Crippen molar-refractivity contribution in [3.63, 3.8) is 0 Å². The fourth-order valence-electron chi connectivity index (χ4n) is 3.12. The Labute approximate surface area is 143 Å². The topological polar surface area (TPSA) is 81.1 Å². The standard InChI is InChI=1S/C18H16N6O/c25-18(15-10-24(22-21-15)13-4-2-1-3-5-13)17-16(12-6-7-12)20-9-14-8-19-11-23(14)17/h1-5,8-12,18,25H,6-7H2. The number of hydrogen-bond donors (Lipinski definition) is 1. The zero-order valence-electron chi connectivity index (χ0n) is 13.4. The molecule has 1 fully saturated rings. The van der Waals surface area contributed by atoms with Crippen LogP contribution < -0.4 is 0 Å². The van der Waals surface area contributed by atoms with Gasteiger partial charge >= 0.3 is 0 Å². The van der Waals surface area contributed by atoms with E-state index in [-0.39, 0.29) is 0 Å². The van der Waals surface area contributed by atoms with Gasteiger partial charge in [-0.05, 0) is 25.0 Å². The summed E-state index contributed by atoms with van der Waals surface area (Å²) in [5, 5.41) is 19.4. The Morgan fingerprint density at radius 3 is 2.76 bits per heavy atom. The van der Waals surface area contributed by atoms with Crippen molar-refractivity contribution in [2.75, 3.05) is 0 Å². The lowest BCUT2D eigenvalue weighted by molar-refractivity contribution is 0.206. The van der Waals surface area contributed by atoms with Crippen LogP contribution in [0.3, 0.4) is 0 Å². The summed E-state index contributed by atoms with van der Waals surface area (Å²) in [6.07, 6.45) is 8.31. The van der Waals surface area contributed by atoms with E-state index in [1.165, 1.54) is 0 Å². The van der Waals surface area contributed by atoms with Gasteiger partial charge in [0.25, 0.3) is 0 Å². The highest BCUT2D eigenvalue weighted by Gasteiger charge is 2.32. The number of aromatic nitrogens is 6. The first-order valence-corrected chi connectivity index (χ1v) is 8.28. The van der Waals surface area contributed by atoms with Crippen LogP contribution in [-0.2, 0) is 0 Å². The summed E-state index contributed by atoms with van der Waals surface area (Å²) in [4.78, 5) is 8.76. The van der Waals surface area contributed by atoms with Crippen molar-refractivity contribution in [2.24, 2.45) is 0 Å². The molecule has 1 saturated carbocycles. The van der Waals surface area contributed by atoms with E-state index in [1.54, 1.807) is 29.6 Å². The van der Waals surface area contributed by atoms with Gasteiger partial charge in [0, 0.05) is 5.92 Å². The fourth-order valence-corrected chi connectivity index (χ4v) is 3.12. The molecule has 1 atom stereocenters. The third kappa shape index (κ3) is 2.40. The average Bonchev–Trinajstić information content (AvgIpc) is 3.19. The highest BCUT2D eigenvalue weighted by atomic mass is 16.3. The molecule has 3 heterocycles. The van der Waals surface area contributed by atoms with Crippen molar-refractivity contribution in [2.45, 2.75) is 24.9 Å². The Morgan fingerprint density at radius 1 is 1.12 bits per heavy atom. The molecule has 0 bridgehead atoms. The minimum atomic E-state index is -0.904. The quantitative estimate of drug-likeness (QED) is 0.620. The van der Waals surface area contributed by atoms with Crippen LogP contribution in [0.15, 0.2) is 55.2 Å². The number of hydrogen-bond acceptors (Lipinski definition) is 5. The molecular weight excluding hydrogens is 316 g/mol. The number of aliphatic hydroxyl groups excluding tert-OH is 1. The van der Waals surface area contributed by atoms with E-state index < -0.39 is 6.10 Å². The van der Waals surface area contributed by atoms with Crippen LogP contribution in [-0.4, -0.2) is 34.5 Å². The summed E-state index contributed by atoms with van der Waals surface area (Å²) in [6, 6.07) is 9.71. The van der Waals surface area contributed by atoms with Gasteiger partial charge in [-0.3, -0.25) is 9.38 Å². The summed E-state index contributed by atoms with van der Waals surface area (Å²) < 4.78 is 3.56. The van der Waals surface area contributed by atoms with Crippen molar-refractivity contribution in [1.29, 1.82) is 0 Å². The fraction of sp³-hybridized carbons (Fsp3) is 0.222. The number of aliphatic hydroxyl groups is 1. The summed E-state index contributed by atoms with van der Waals surface area (Å²) in [5.41, 5.74) is 3.90. The molecule has 7 nitrogen and oxygen atoms in total. The zero-order valence-corrected chi connectivity index (χ0v) is 13.4. The Morgan fingerprint density at radius 2 is 1.96 bits per heavy atom. The lowest BCUT2D eigenvalue weighted by Crippen LogP contribution is -2.11. The van der Waals surface area contributed by atoms with Crippen LogP contribution in [0.1, 0.15) is 41.9 Å². The molecule has 0 spiro atoms. The van der Waals surface area contributed by atoms with Crippen LogP contribution in [0.2, 0.25) is 0 Å². The van der Waals surface area contributed by atoms with E-state index in [0.29, 0.717) is 11.6 Å². The molecule has 5 rings (SSSR count).